The molecule has 268 valence electrons. The van der Waals surface area contributed by atoms with Crippen molar-refractivity contribution >= 4 is 58.3 Å². The molecular weight excluding hydrogens is 651 g/mol. The first kappa shape index (κ1) is 46.0. The summed E-state index contributed by atoms with van der Waals surface area (Å²) < 4.78 is 1.43. The molecule has 0 rings (SSSR count). The van der Waals surface area contributed by atoms with E-state index >= 15 is 0 Å². The number of thioether (sulfide) groups is 2. The fourth-order valence-electron chi connectivity index (χ4n) is 5.93. The molecule has 45 heavy (non-hydrogen) atoms. The highest BCUT2D eigenvalue weighted by Crippen LogP contribution is 2.34. The van der Waals surface area contributed by atoms with Gasteiger partial charge in [-0.3, -0.25) is 0 Å². The Morgan fingerprint density at radius 3 is 0.800 bits per heavy atom. The zero-order valence-electron chi connectivity index (χ0n) is 30.1. The van der Waals surface area contributed by atoms with Gasteiger partial charge in [0.25, 0.3) is 0 Å². The smallest absolute Gasteiger partial charge is 0.119 e. The summed E-state index contributed by atoms with van der Waals surface area (Å²) in [6.07, 6.45) is 47.2. The van der Waals surface area contributed by atoms with Gasteiger partial charge in [-0.15, -0.1) is 23.5 Å². The number of rotatable bonds is 37. The molecule has 0 saturated heterocycles. The molecule has 0 heterocycles. The molecule has 0 bridgehead atoms. The molecule has 0 aromatic carbocycles. The Kier molecular flexibility index (Phi) is 40.4. The Morgan fingerprint density at radius 1 is 0.356 bits per heavy atom. The normalized spacial score (nSPS) is 11.3. The molecule has 0 radical (unpaired) electrons. The molecule has 0 unspecified atom stereocenters. The maximum absolute atomic E-state index is 6.29. The summed E-state index contributed by atoms with van der Waals surface area (Å²) in [5.41, 5.74) is 0. The van der Waals surface area contributed by atoms with Crippen molar-refractivity contribution < 1.29 is 0 Å². The van der Waals surface area contributed by atoms with E-state index in [4.69, 9.17) is 34.8 Å². The van der Waals surface area contributed by atoms with Gasteiger partial charge in [0.1, 0.15) is 4.49 Å². The van der Waals surface area contributed by atoms with Crippen LogP contribution in [0.25, 0.3) is 0 Å². The van der Waals surface area contributed by atoms with Crippen molar-refractivity contribution in [1.29, 1.82) is 0 Å². The summed E-state index contributed by atoms with van der Waals surface area (Å²) in [5.74, 6) is 2.31. The Labute approximate surface area is 307 Å². The summed E-state index contributed by atoms with van der Waals surface area (Å²) in [6, 6.07) is 0. The van der Waals surface area contributed by atoms with Gasteiger partial charge in [0.15, 0.2) is 0 Å². The van der Waals surface area contributed by atoms with Crippen LogP contribution in [0.15, 0.2) is 19.8 Å². The van der Waals surface area contributed by atoms with Crippen LogP contribution in [0.1, 0.15) is 219 Å². The average Bonchev–Trinajstić information content (AvgIpc) is 3.03. The van der Waals surface area contributed by atoms with E-state index in [-0.39, 0.29) is 4.49 Å². The van der Waals surface area contributed by atoms with Crippen molar-refractivity contribution in [3.8, 4) is 0 Å². The van der Waals surface area contributed by atoms with E-state index in [1.54, 1.807) is 0 Å². The monoisotopic (exact) mass is 724 g/mol. The Balaban J connectivity index is 3.69. The summed E-state index contributed by atoms with van der Waals surface area (Å²) in [4.78, 5) is 0. The minimum atomic E-state index is 0.167. The second kappa shape index (κ2) is 39.5. The fourth-order valence-corrected chi connectivity index (χ4v) is 8.61. The molecule has 0 fully saturated rings. The zero-order chi connectivity index (χ0) is 32.9. The molecule has 0 nitrogen and oxygen atoms in total. The van der Waals surface area contributed by atoms with Crippen LogP contribution >= 0.6 is 58.3 Å². The number of allylic oxidation sites excluding steroid dienone is 2. The molecular formula is C40H75Cl3S2. The first-order chi connectivity index (χ1) is 22.1. The third kappa shape index (κ3) is 37.7. The van der Waals surface area contributed by atoms with Crippen LogP contribution in [-0.4, -0.2) is 11.5 Å². The highest BCUT2D eigenvalue weighted by atomic mass is 35.5. The lowest BCUT2D eigenvalue weighted by Crippen LogP contribution is -1.87. The quantitative estimate of drug-likeness (QED) is 0.0462. The van der Waals surface area contributed by atoms with Crippen LogP contribution < -0.4 is 0 Å². The lowest BCUT2D eigenvalue weighted by atomic mass is 10.0. The first-order valence-electron chi connectivity index (χ1n) is 19.8. The van der Waals surface area contributed by atoms with Crippen LogP contribution in [0.3, 0.4) is 0 Å². The lowest BCUT2D eigenvalue weighted by Gasteiger charge is -2.08. The average molecular weight is 727 g/mol. The number of hydrogen-bond acceptors (Lipinski definition) is 2. The summed E-state index contributed by atoms with van der Waals surface area (Å²) in [7, 11) is 0. The van der Waals surface area contributed by atoms with E-state index in [1.165, 1.54) is 210 Å². The van der Waals surface area contributed by atoms with E-state index in [2.05, 4.69) is 13.8 Å². The predicted molar refractivity (Wildman–Crippen MR) is 217 cm³/mol. The maximum Gasteiger partial charge on any atom is 0.125 e. The van der Waals surface area contributed by atoms with Crippen LogP contribution in [0.5, 0.6) is 0 Å². The molecule has 0 aliphatic rings. The maximum atomic E-state index is 6.29. The van der Waals surface area contributed by atoms with E-state index in [1.807, 2.05) is 29.6 Å². The summed E-state index contributed by atoms with van der Waals surface area (Å²) in [5, 5.41) is 0.465. The van der Waals surface area contributed by atoms with Gasteiger partial charge in [0, 0.05) is 4.24 Å². The minimum Gasteiger partial charge on any atom is -0.119 e. The van der Waals surface area contributed by atoms with E-state index < -0.39 is 0 Å². The van der Waals surface area contributed by atoms with Gasteiger partial charge in [-0.1, -0.05) is 241 Å². The van der Waals surface area contributed by atoms with E-state index in [0.29, 0.717) is 5.03 Å². The van der Waals surface area contributed by atoms with Crippen LogP contribution in [0.4, 0.5) is 0 Å². The molecule has 0 aliphatic heterocycles. The Morgan fingerprint density at radius 2 is 0.578 bits per heavy atom. The van der Waals surface area contributed by atoms with Crippen molar-refractivity contribution in [3.63, 3.8) is 0 Å². The standard InChI is InChI=1S/C40H75Cl3S2/c1-3-5-7-9-11-13-15-17-19-21-23-25-27-29-31-33-35-44-39(37-38(41)40(42)43)45-36-34-32-30-28-26-24-22-20-18-16-14-12-10-8-6-4-2/h37H,3-36H2,1-2H3. The number of unbranched alkanes of at least 4 members (excludes halogenated alkanes) is 30. The molecule has 0 amide bonds. The van der Waals surface area contributed by atoms with Gasteiger partial charge in [0.05, 0.1) is 5.03 Å². The van der Waals surface area contributed by atoms with Gasteiger partial charge in [-0.05, 0) is 30.4 Å². The molecule has 5 heteroatoms. The van der Waals surface area contributed by atoms with Gasteiger partial charge < -0.3 is 0 Å². The molecule has 0 N–H and O–H groups in total. The van der Waals surface area contributed by atoms with Crippen molar-refractivity contribution in [1.82, 2.24) is 0 Å². The zero-order valence-corrected chi connectivity index (χ0v) is 34.0. The van der Waals surface area contributed by atoms with Crippen molar-refractivity contribution in [2.75, 3.05) is 11.5 Å². The van der Waals surface area contributed by atoms with Gasteiger partial charge in [-0.25, -0.2) is 0 Å². The van der Waals surface area contributed by atoms with Crippen molar-refractivity contribution in [3.05, 3.63) is 19.8 Å². The summed E-state index contributed by atoms with van der Waals surface area (Å²) in [6.45, 7) is 4.59. The largest absolute Gasteiger partial charge is 0.125 e. The van der Waals surface area contributed by atoms with Gasteiger partial charge in [-0.2, -0.15) is 0 Å². The van der Waals surface area contributed by atoms with Crippen LogP contribution in [0, 0.1) is 0 Å². The third-order valence-corrected chi connectivity index (χ3v) is 12.3. The molecule has 0 aromatic heterocycles. The van der Waals surface area contributed by atoms with Crippen molar-refractivity contribution in [2.24, 2.45) is 0 Å². The number of hydrogen-bond donors (Lipinski definition) is 0. The predicted octanol–water partition coefficient (Wildman–Crippen LogP) is 17.7. The van der Waals surface area contributed by atoms with Crippen LogP contribution in [-0.2, 0) is 0 Å². The highest BCUT2D eigenvalue weighted by molar-refractivity contribution is 8.22. The van der Waals surface area contributed by atoms with E-state index in [0.717, 1.165) is 11.5 Å². The minimum absolute atomic E-state index is 0.167. The third-order valence-electron chi connectivity index (χ3n) is 8.91. The van der Waals surface area contributed by atoms with E-state index in [9.17, 15) is 0 Å². The topological polar surface area (TPSA) is 0 Å². The van der Waals surface area contributed by atoms with Crippen molar-refractivity contribution in [2.45, 2.75) is 219 Å². The number of halogens is 3. The summed E-state index contributed by atoms with van der Waals surface area (Å²) >= 11 is 22.0. The second-order valence-corrected chi connectivity index (χ2v) is 17.3. The first-order valence-corrected chi connectivity index (χ1v) is 22.9. The molecule has 0 atom stereocenters. The highest BCUT2D eigenvalue weighted by Gasteiger charge is 2.04. The molecule has 0 spiro atoms. The molecule has 0 saturated carbocycles. The SMILES string of the molecule is CCCCCCCCCCCCCCCCCCSC(=CC(Cl)=C(Cl)Cl)SCCCCCCCCCCCCCCCCCC. The fraction of sp³-hybridized carbons (Fsp3) is 0.900. The lowest BCUT2D eigenvalue weighted by molar-refractivity contribution is 0.531. The Bertz CT molecular complexity index is 605. The van der Waals surface area contributed by atoms with Gasteiger partial charge in [0.2, 0.25) is 0 Å². The van der Waals surface area contributed by atoms with Gasteiger partial charge >= 0.3 is 0 Å². The van der Waals surface area contributed by atoms with Crippen LogP contribution in [0.2, 0.25) is 0 Å². The Hall–Kier alpha value is 1.05. The molecule has 0 aliphatic carbocycles. The molecule has 0 aromatic rings. The second-order valence-electron chi connectivity index (χ2n) is 13.4.